The van der Waals surface area contributed by atoms with Gasteiger partial charge in [0.15, 0.2) is 0 Å². The van der Waals surface area contributed by atoms with Crippen LogP contribution in [0.15, 0.2) is 24.3 Å². The van der Waals surface area contributed by atoms with Gasteiger partial charge in [-0.3, -0.25) is 9.59 Å². The maximum absolute atomic E-state index is 12.3. The Morgan fingerprint density at radius 3 is 2.35 bits per heavy atom. The van der Waals surface area contributed by atoms with E-state index in [9.17, 15) is 9.59 Å². The van der Waals surface area contributed by atoms with Crippen molar-refractivity contribution in [3.05, 3.63) is 24.3 Å². The Bertz CT molecular complexity index is 516. The summed E-state index contributed by atoms with van der Waals surface area (Å²) < 4.78 is 5.48. The fourth-order valence-corrected chi connectivity index (χ4v) is 3.19. The molecule has 0 radical (unpaired) electrons. The molecule has 0 spiro atoms. The van der Waals surface area contributed by atoms with Crippen LogP contribution in [-0.2, 0) is 9.59 Å². The molecule has 126 valence electrons. The second-order valence-electron chi connectivity index (χ2n) is 6.49. The zero-order valence-corrected chi connectivity index (χ0v) is 14.1. The van der Waals surface area contributed by atoms with E-state index < -0.39 is 0 Å². The van der Waals surface area contributed by atoms with Crippen LogP contribution in [0.2, 0.25) is 0 Å². The Hall–Kier alpha value is -1.84. The lowest BCUT2D eigenvalue weighted by Crippen LogP contribution is -2.25. The van der Waals surface area contributed by atoms with Crippen LogP contribution in [0, 0.1) is 11.8 Å². The fourth-order valence-electron chi connectivity index (χ4n) is 3.19. The molecule has 1 aromatic rings. The zero-order chi connectivity index (χ0) is 16.7. The van der Waals surface area contributed by atoms with E-state index >= 15 is 0 Å². The first-order valence-corrected chi connectivity index (χ1v) is 8.67. The van der Waals surface area contributed by atoms with Crippen LogP contribution in [0.1, 0.15) is 58.8 Å². The van der Waals surface area contributed by atoms with E-state index in [4.69, 9.17) is 4.74 Å². The minimum Gasteiger partial charge on any atom is -0.426 e. The molecule has 23 heavy (non-hydrogen) atoms. The molecular weight excluding hydrogens is 290 g/mol. The van der Waals surface area contributed by atoms with Crippen molar-refractivity contribution in [1.82, 2.24) is 0 Å². The molecule has 0 aliphatic heterocycles. The second-order valence-corrected chi connectivity index (χ2v) is 6.49. The number of nitrogens with one attached hydrogen (secondary N) is 1. The Morgan fingerprint density at radius 2 is 1.78 bits per heavy atom. The summed E-state index contributed by atoms with van der Waals surface area (Å²) in [5.74, 6) is 1.12. The summed E-state index contributed by atoms with van der Waals surface area (Å²) in [7, 11) is 0. The largest absolute Gasteiger partial charge is 0.426 e. The lowest BCUT2D eigenvalue weighted by atomic mass is 9.80. The molecule has 1 N–H and O–H groups in total. The smallest absolute Gasteiger partial charge is 0.314 e. The lowest BCUT2D eigenvalue weighted by molar-refractivity contribution is -0.140. The van der Waals surface area contributed by atoms with Gasteiger partial charge in [-0.1, -0.05) is 26.2 Å². The number of unbranched alkanes of at least 4 members (excludes halogenated alkanes) is 1. The highest BCUT2D eigenvalue weighted by Crippen LogP contribution is 2.32. The van der Waals surface area contributed by atoms with Gasteiger partial charge in [0.2, 0.25) is 5.91 Å². The van der Waals surface area contributed by atoms with Gasteiger partial charge in [0.25, 0.3) is 0 Å². The maximum Gasteiger partial charge on any atom is 0.314 e. The summed E-state index contributed by atoms with van der Waals surface area (Å²) in [6, 6.07) is 6.92. The summed E-state index contributed by atoms with van der Waals surface area (Å²) in [5, 5.41) is 2.69. The lowest BCUT2D eigenvalue weighted by Gasteiger charge is -2.27. The molecule has 0 atom stereocenters. The molecule has 0 aromatic heterocycles. The summed E-state index contributed by atoms with van der Waals surface area (Å²) >= 11 is 0. The van der Waals surface area contributed by atoms with Gasteiger partial charge in [0, 0.05) is 12.6 Å². The first kappa shape index (κ1) is 17.5. The van der Waals surface area contributed by atoms with Gasteiger partial charge < -0.3 is 10.1 Å². The van der Waals surface area contributed by atoms with E-state index in [1.165, 1.54) is 26.2 Å². The highest BCUT2D eigenvalue weighted by molar-refractivity contribution is 5.88. The molecule has 1 saturated carbocycles. The Labute approximate surface area is 138 Å². The van der Waals surface area contributed by atoms with Crippen molar-refractivity contribution in [1.29, 1.82) is 0 Å². The Kier molecular flexibility index (Phi) is 6.63. The minimum absolute atomic E-state index is 0.0305. The van der Waals surface area contributed by atoms with Gasteiger partial charge in [0.1, 0.15) is 5.75 Å². The summed E-state index contributed by atoms with van der Waals surface area (Å²) in [6.45, 7) is 3.69. The van der Waals surface area contributed by atoms with Crippen LogP contribution >= 0.6 is 0 Å². The van der Waals surface area contributed by atoms with Crippen LogP contribution in [0.3, 0.4) is 0 Å². The number of rotatable bonds is 6. The predicted molar refractivity (Wildman–Crippen MR) is 91.4 cm³/mol. The molecule has 0 heterocycles. The van der Waals surface area contributed by atoms with Gasteiger partial charge >= 0.3 is 5.97 Å². The monoisotopic (exact) mass is 317 g/mol. The number of carbonyl (C=O) groups excluding carboxylic acids is 2. The number of carbonyl (C=O) groups is 2. The van der Waals surface area contributed by atoms with Gasteiger partial charge in [0.05, 0.1) is 5.92 Å². The van der Waals surface area contributed by atoms with Gasteiger partial charge in [-0.05, 0) is 55.9 Å². The van der Waals surface area contributed by atoms with Crippen LogP contribution in [0.5, 0.6) is 5.75 Å². The number of ether oxygens (including phenoxy) is 1. The van der Waals surface area contributed by atoms with Crippen molar-refractivity contribution in [3.8, 4) is 5.75 Å². The summed E-state index contributed by atoms with van der Waals surface area (Å²) in [4.78, 5) is 23.2. The highest BCUT2D eigenvalue weighted by atomic mass is 16.5. The van der Waals surface area contributed by atoms with Crippen LogP contribution in [0.25, 0.3) is 0 Å². The second kappa shape index (κ2) is 8.70. The van der Waals surface area contributed by atoms with Crippen molar-refractivity contribution in [2.45, 2.75) is 58.8 Å². The van der Waals surface area contributed by atoms with Crippen LogP contribution in [0.4, 0.5) is 5.69 Å². The molecule has 1 amide bonds. The summed E-state index contributed by atoms with van der Waals surface area (Å²) in [5.41, 5.74) is 0.703. The SMILES string of the molecule is CCCCC1CCC(C(=O)Oc2ccc(NC(C)=O)cc2)CC1. The molecule has 2 rings (SSSR count). The first-order valence-electron chi connectivity index (χ1n) is 8.67. The third kappa shape index (κ3) is 5.70. The van der Waals surface area contributed by atoms with Crippen molar-refractivity contribution in [2.24, 2.45) is 11.8 Å². The van der Waals surface area contributed by atoms with E-state index in [0.717, 1.165) is 31.6 Å². The van der Waals surface area contributed by atoms with E-state index in [2.05, 4.69) is 12.2 Å². The normalized spacial score (nSPS) is 20.8. The maximum atomic E-state index is 12.3. The van der Waals surface area contributed by atoms with E-state index in [1.54, 1.807) is 24.3 Å². The fraction of sp³-hybridized carbons (Fsp3) is 0.579. The van der Waals surface area contributed by atoms with Crippen molar-refractivity contribution in [3.63, 3.8) is 0 Å². The molecule has 0 unspecified atom stereocenters. The number of esters is 1. The predicted octanol–water partition coefficient (Wildman–Crippen LogP) is 4.55. The third-order valence-electron chi connectivity index (χ3n) is 4.54. The first-order chi connectivity index (χ1) is 11.1. The number of benzene rings is 1. The van der Waals surface area contributed by atoms with Gasteiger partial charge in [-0.25, -0.2) is 0 Å². The average molecular weight is 317 g/mol. The van der Waals surface area contributed by atoms with Gasteiger partial charge in [-0.2, -0.15) is 0 Å². The molecule has 1 aliphatic carbocycles. The van der Waals surface area contributed by atoms with E-state index in [-0.39, 0.29) is 17.8 Å². The summed E-state index contributed by atoms with van der Waals surface area (Å²) in [6.07, 6.45) is 8.00. The topological polar surface area (TPSA) is 55.4 Å². The van der Waals surface area contributed by atoms with Crippen LogP contribution < -0.4 is 10.1 Å². The van der Waals surface area contributed by atoms with Crippen molar-refractivity contribution < 1.29 is 14.3 Å². The quantitative estimate of drug-likeness (QED) is 0.618. The number of amides is 1. The average Bonchev–Trinajstić information content (AvgIpc) is 2.54. The molecule has 0 saturated heterocycles. The minimum atomic E-state index is -0.119. The third-order valence-corrected chi connectivity index (χ3v) is 4.54. The Morgan fingerprint density at radius 1 is 1.13 bits per heavy atom. The number of hydrogen-bond donors (Lipinski definition) is 1. The standard InChI is InChI=1S/C19H27NO3/c1-3-4-5-15-6-8-16(9-7-15)19(22)23-18-12-10-17(11-13-18)20-14(2)21/h10-13,15-16H,3-9H2,1-2H3,(H,20,21). The molecular formula is C19H27NO3. The Balaban J connectivity index is 1.79. The number of anilines is 1. The molecule has 1 fully saturated rings. The molecule has 1 aliphatic rings. The highest BCUT2D eigenvalue weighted by Gasteiger charge is 2.27. The molecule has 0 bridgehead atoms. The van der Waals surface area contributed by atoms with Crippen molar-refractivity contribution >= 4 is 17.6 Å². The molecule has 1 aromatic carbocycles. The van der Waals surface area contributed by atoms with E-state index in [1.807, 2.05) is 0 Å². The molecule has 4 heteroatoms. The molecule has 4 nitrogen and oxygen atoms in total. The van der Waals surface area contributed by atoms with E-state index in [0.29, 0.717) is 11.4 Å². The van der Waals surface area contributed by atoms with Crippen LogP contribution in [-0.4, -0.2) is 11.9 Å². The van der Waals surface area contributed by atoms with Gasteiger partial charge in [-0.15, -0.1) is 0 Å². The van der Waals surface area contributed by atoms with Crippen molar-refractivity contribution in [2.75, 3.05) is 5.32 Å². The zero-order valence-electron chi connectivity index (χ0n) is 14.1. The number of hydrogen-bond acceptors (Lipinski definition) is 3.